The van der Waals surface area contributed by atoms with Gasteiger partial charge in [-0.2, -0.15) is 0 Å². The molecular weight excluding hydrogens is 399 g/mol. The SMILES string of the molecule is IC1Cc2ccccc2C1OCC#CCOCc1ccccc1. The van der Waals surface area contributed by atoms with Gasteiger partial charge in [0, 0.05) is 3.92 Å². The van der Waals surface area contributed by atoms with Crippen LogP contribution in [0.25, 0.3) is 0 Å². The van der Waals surface area contributed by atoms with Crippen molar-refractivity contribution in [2.75, 3.05) is 13.2 Å². The zero-order valence-corrected chi connectivity index (χ0v) is 15.0. The second-order valence-electron chi connectivity index (χ2n) is 5.48. The Morgan fingerprint density at radius 3 is 2.57 bits per heavy atom. The summed E-state index contributed by atoms with van der Waals surface area (Å²) in [5.74, 6) is 6.07. The van der Waals surface area contributed by atoms with E-state index in [2.05, 4.69) is 70.8 Å². The molecule has 2 aromatic carbocycles. The molecule has 3 heteroatoms. The van der Waals surface area contributed by atoms with Crippen LogP contribution in [0.15, 0.2) is 54.6 Å². The second-order valence-corrected chi connectivity index (χ2v) is 7.08. The summed E-state index contributed by atoms with van der Waals surface area (Å²) in [5.41, 5.74) is 3.88. The third-order valence-electron chi connectivity index (χ3n) is 3.85. The maximum atomic E-state index is 5.97. The lowest BCUT2D eigenvalue weighted by atomic mass is 10.1. The molecule has 0 fully saturated rings. The molecule has 1 aliphatic carbocycles. The largest absolute Gasteiger partial charge is 0.364 e. The molecule has 23 heavy (non-hydrogen) atoms. The lowest BCUT2D eigenvalue weighted by Gasteiger charge is -2.14. The molecule has 0 N–H and O–H groups in total. The standard InChI is InChI=1S/C20H19IO2/c21-19-14-17-10-4-5-11-18(17)20(19)23-13-7-6-12-22-15-16-8-2-1-3-9-16/h1-5,8-11,19-20H,12-15H2. The highest BCUT2D eigenvalue weighted by molar-refractivity contribution is 14.1. The van der Waals surface area contributed by atoms with Crippen LogP contribution in [0.5, 0.6) is 0 Å². The number of hydrogen-bond donors (Lipinski definition) is 0. The lowest BCUT2D eigenvalue weighted by Crippen LogP contribution is -2.10. The summed E-state index contributed by atoms with van der Waals surface area (Å²) in [6.45, 7) is 1.49. The zero-order valence-electron chi connectivity index (χ0n) is 12.9. The van der Waals surface area contributed by atoms with Crippen molar-refractivity contribution in [2.45, 2.75) is 23.1 Å². The van der Waals surface area contributed by atoms with E-state index in [-0.39, 0.29) is 6.10 Å². The third-order valence-corrected chi connectivity index (χ3v) is 4.94. The summed E-state index contributed by atoms with van der Waals surface area (Å²) in [5, 5.41) is 0. The van der Waals surface area contributed by atoms with Crippen molar-refractivity contribution in [1.82, 2.24) is 0 Å². The van der Waals surface area contributed by atoms with E-state index in [1.165, 1.54) is 16.7 Å². The minimum atomic E-state index is 0.159. The Bertz CT molecular complexity index is 688. The first-order chi connectivity index (χ1) is 11.3. The molecule has 0 spiro atoms. The monoisotopic (exact) mass is 418 g/mol. The Hall–Kier alpha value is -1.35. The molecule has 0 heterocycles. The number of rotatable bonds is 5. The van der Waals surface area contributed by atoms with Crippen LogP contribution in [0.4, 0.5) is 0 Å². The predicted molar refractivity (Wildman–Crippen MR) is 101 cm³/mol. The molecule has 2 nitrogen and oxygen atoms in total. The lowest BCUT2D eigenvalue weighted by molar-refractivity contribution is 0.0864. The average molecular weight is 418 g/mol. The zero-order chi connectivity index (χ0) is 15.9. The van der Waals surface area contributed by atoms with Crippen LogP contribution in [0.1, 0.15) is 22.8 Å². The summed E-state index contributed by atoms with van der Waals surface area (Å²) in [6, 6.07) is 18.6. The van der Waals surface area contributed by atoms with E-state index in [1.807, 2.05) is 18.2 Å². The van der Waals surface area contributed by atoms with Gasteiger partial charge < -0.3 is 9.47 Å². The second kappa shape index (κ2) is 8.49. The molecule has 0 radical (unpaired) electrons. The molecular formula is C20H19IO2. The first kappa shape index (κ1) is 16.5. The quantitative estimate of drug-likeness (QED) is 0.312. The van der Waals surface area contributed by atoms with Crippen LogP contribution in [0.3, 0.4) is 0 Å². The van der Waals surface area contributed by atoms with Gasteiger partial charge in [0.1, 0.15) is 13.2 Å². The van der Waals surface area contributed by atoms with Gasteiger partial charge in [-0.25, -0.2) is 0 Å². The number of ether oxygens (including phenoxy) is 2. The first-order valence-corrected chi connectivity index (χ1v) is 9.00. The van der Waals surface area contributed by atoms with Crippen LogP contribution in [0, 0.1) is 11.8 Å². The smallest absolute Gasteiger partial charge is 0.108 e. The first-order valence-electron chi connectivity index (χ1n) is 7.75. The molecule has 3 rings (SSSR count). The Morgan fingerprint density at radius 1 is 0.957 bits per heavy atom. The Kier molecular flexibility index (Phi) is 6.09. The van der Waals surface area contributed by atoms with E-state index in [0.717, 1.165) is 6.42 Å². The average Bonchev–Trinajstić information content (AvgIpc) is 2.90. The maximum absolute atomic E-state index is 5.97. The minimum Gasteiger partial charge on any atom is -0.364 e. The van der Waals surface area contributed by atoms with Gasteiger partial charge in [-0.05, 0) is 23.1 Å². The molecule has 2 atom stereocenters. The minimum absolute atomic E-state index is 0.159. The fourth-order valence-corrected chi connectivity index (χ4v) is 3.80. The molecule has 0 bridgehead atoms. The van der Waals surface area contributed by atoms with Gasteiger partial charge in [0.25, 0.3) is 0 Å². The topological polar surface area (TPSA) is 18.5 Å². The Labute approximate surface area is 151 Å². The molecule has 0 amide bonds. The maximum Gasteiger partial charge on any atom is 0.108 e. The van der Waals surface area contributed by atoms with Gasteiger partial charge in [-0.15, -0.1) is 0 Å². The highest BCUT2D eigenvalue weighted by Gasteiger charge is 2.30. The van der Waals surface area contributed by atoms with Gasteiger partial charge in [0.2, 0.25) is 0 Å². The van der Waals surface area contributed by atoms with E-state index < -0.39 is 0 Å². The van der Waals surface area contributed by atoms with Gasteiger partial charge >= 0.3 is 0 Å². The predicted octanol–water partition coefficient (Wildman–Crippen LogP) is 4.32. The number of halogens is 1. The summed E-state index contributed by atoms with van der Waals surface area (Å²) < 4.78 is 12.0. The summed E-state index contributed by atoms with van der Waals surface area (Å²) in [6.07, 6.45) is 1.24. The number of benzene rings is 2. The molecule has 0 aromatic heterocycles. The molecule has 0 saturated heterocycles. The third kappa shape index (κ3) is 4.57. The Balaban J connectivity index is 1.40. The molecule has 1 aliphatic rings. The van der Waals surface area contributed by atoms with E-state index in [0.29, 0.717) is 23.7 Å². The fraction of sp³-hybridized carbons (Fsp3) is 0.300. The number of fused-ring (bicyclic) bond motifs is 1. The fourth-order valence-electron chi connectivity index (χ4n) is 2.73. The molecule has 0 aliphatic heterocycles. The van der Waals surface area contributed by atoms with Crippen molar-refractivity contribution in [3.05, 3.63) is 71.3 Å². The van der Waals surface area contributed by atoms with E-state index in [1.54, 1.807) is 0 Å². The summed E-state index contributed by atoms with van der Waals surface area (Å²) in [7, 11) is 0. The summed E-state index contributed by atoms with van der Waals surface area (Å²) in [4.78, 5) is 0. The van der Waals surface area contributed by atoms with Crippen LogP contribution < -0.4 is 0 Å². The number of hydrogen-bond acceptors (Lipinski definition) is 2. The highest BCUT2D eigenvalue weighted by atomic mass is 127. The van der Waals surface area contributed by atoms with Crippen molar-refractivity contribution in [3.63, 3.8) is 0 Å². The summed E-state index contributed by atoms with van der Waals surface area (Å²) >= 11 is 2.47. The van der Waals surface area contributed by atoms with Crippen molar-refractivity contribution in [2.24, 2.45) is 0 Å². The van der Waals surface area contributed by atoms with Crippen LogP contribution in [0.2, 0.25) is 0 Å². The van der Waals surface area contributed by atoms with E-state index in [4.69, 9.17) is 9.47 Å². The van der Waals surface area contributed by atoms with Crippen molar-refractivity contribution >= 4 is 22.6 Å². The van der Waals surface area contributed by atoms with Crippen molar-refractivity contribution < 1.29 is 9.47 Å². The van der Waals surface area contributed by atoms with Crippen LogP contribution in [-0.4, -0.2) is 17.1 Å². The van der Waals surface area contributed by atoms with Crippen molar-refractivity contribution in [1.29, 1.82) is 0 Å². The van der Waals surface area contributed by atoms with E-state index in [9.17, 15) is 0 Å². The molecule has 118 valence electrons. The van der Waals surface area contributed by atoms with Gasteiger partial charge in [0.05, 0.1) is 12.7 Å². The van der Waals surface area contributed by atoms with Gasteiger partial charge in [-0.1, -0.05) is 89.0 Å². The van der Waals surface area contributed by atoms with Crippen molar-refractivity contribution in [3.8, 4) is 11.8 Å². The van der Waals surface area contributed by atoms with E-state index >= 15 is 0 Å². The normalized spacial score (nSPS) is 19.0. The molecule has 2 aromatic rings. The molecule has 2 unspecified atom stereocenters. The van der Waals surface area contributed by atoms with Crippen LogP contribution in [-0.2, 0) is 22.5 Å². The van der Waals surface area contributed by atoms with Crippen LogP contribution >= 0.6 is 22.6 Å². The van der Waals surface area contributed by atoms with Gasteiger partial charge in [-0.3, -0.25) is 0 Å². The van der Waals surface area contributed by atoms with Gasteiger partial charge in [0.15, 0.2) is 0 Å². The highest BCUT2D eigenvalue weighted by Crippen LogP contribution is 2.38. The Morgan fingerprint density at radius 2 is 1.70 bits per heavy atom. The number of alkyl halides is 1. The molecule has 0 saturated carbocycles.